The number of sulfonamides is 1. The van der Waals surface area contributed by atoms with E-state index >= 15 is 0 Å². The molecule has 0 bridgehead atoms. The smallest absolute Gasteiger partial charge is 0.271 e. The summed E-state index contributed by atoms with van der Waals surface area (Å²) in [5, 5.41) is 13.5. The number of methoxy groups -OCH3 is 1. The number of amides is 1. The van der Waals surface area contributed by atoms with Gasteiger partial charge in [-0.2, -0.15) is 0 Å². The van der Waals surface area contributed by atoms with E-state index in [0.717, 1.165) is 22.2 Å². The average molecular weight is 436 g/mol. The Balaban J connectivity index is 2.29. The molecular weight excluding hydrogens is 410 g/mol. The maximum atomic E-state index is 12.6. The van der Waals surface area contributed by atoms with Gasteiger partial charge >= 0.3 is 0 Å². The van der Waals surface area contributed by atoms with E-state index in [1.165, 1.54) is 19.2 Å². The first kappa shape index (κ1) is 23.1. The number of anilines is 2. The second-order valence-corrected chi connectivity index (χ2v) is 9.66. The van der Waals surface area contributed by atoms with E-state index < -0.39 is 27.4 Å². The van der Waals surface area contributed by atoms with E-state index in [-0.39, 0.29) is 22.5 Å². The van der Waals surface area contributed by atoms with E-state index in [1.807, 2.05) is 32.9 Å². The molecule has 0 heterocycles. The third-order valence-electron chi connectivity index (χ3n) is 4.38. The van der Waals surface area contributed by atoms with Crippen molar-refractivity contribution >= 4 is 33.0 Å². The number of rotatable bonds is 7. The molecule has 0 aliphatic heterocycles. The molecular formula is C20H25N3O6S. The third kappa shape index (κ3) is 5.69. The van der Waals surface area contributed by atoms with Gasteiger partial charge in [0.15, 0.2) is 0 Å². The predicted octanol–water partition coefficient (Wildman–Crippen LogP) is 3.31. The van der Waals surface area contributed by atoms with Gasteiger partial charge in [0.1, 0.15) is 12.3 Å². The molecule has 0 fully saturated rings. The van der Waals surface area contributed by atoms with Crippen LogP contribution in [-0.2, 0) is 20.2 Å². The van der Waals surface area contributed by atoms with Crippen molar-refractivity contribution in [2.24, 2.45) is 0 Å². The van der Waals surface area contributed by atoms with Gasteiger partial charge in [0.25, 0.3) is 5.69 Å². The maximum Gasteiger partial charge on any atom is 0.271 e. The fourth-order valence-corrected chi connectivity index (χ4v) is 3.61. The Labute approximate surface area is 175 Å². The monoisotopic (exact) mass is 435 g/mol. The Bertz CT molecular complexity index is 1040. The van der Waals surface area contributed by atoms with Crippen LogP contribution in [-0.4, -0.2) is 39.2 Å². The first-order valence-corrected chi connectivity index (χ1v) is 10.9. The third-order valence-corrected chi connectivity index (χ3v) is 5.52. The molecule has 2 rings (SSSR count). The molecule has 0 unspecified atom stereocenters. The topological polar surface area (TPSA) is 119 Å². The normalized spacial score (nSPS) is 11.6. The van der Waals surface area contributed by atoms with E-state index in [9.17, 15) is 23.3 Å². The van der Waals surface area contributed by atoms with E-state index in [2.05, 4.69) is 5.32 Å². The number of carbonyl (C=O) groups excluding carboxylic acids is 1. The maximum absolute atomic E-state index is 12.6. The van der Waals surface area contributed by atoms with Crippen LogP contribution in [0.3, 0.4) is 0 Å². The van der Waals surface area contributed by atoms with Gasteiger partial charge in [0, 0.05) is 12.1 Å². The second kappa shape index (κ2) is 8.70. The van der Waals surface area contributed by atoms with E-state index in [0.29, 0.717) is 5.69 Å². The van der Waals surface area contributed by atoms with Crippen LogP contribution in [0.15, 0.2) is 42.5 Å². The number of nitro groups is 1. The number of benzene rings is 2. The molecule has 2 aromatic carbocycles. The Morgan fingerprint density at radius 3 is 2.23 bits per heavy atom. The Hall–Kier alpha value is -3.14. The first-order chi connectivity index (χ1) is 13.8. The minimum Gasteiger partial charge on any atom is -0.495 e. The molecule has 9 nitrogen and oxygen atoms in total. The van der Waals surface area contributed by atoms with Crippen LogP contribution in [0.25, 0.3) is 0 Å². The molecule has 1 amide bonds. The predicted molar refractivity (Wildman–Crippen MR) is 116 cm³/mol. The van der Waals surface area contributed by atoms with Gasteiger partial charge < -0.3 is 10.1 Å². The van der Waals surface area contributed by atoms with Gasteiger partial charge in [0.2, 0.25) is 15.9 Å². The number of nitrogens with one attached hydrogen (secondary N) is 1. The Kier molecular flexibility index (Phi) is 6.71. The molecule has 30 heavy (non-hydrogen) atoms. The van der Waals surface area contributed by atoms with Crippen LogP contribution in [0.2, 0.25) is 0 Å². The van der Waals surface area contributed by atoms with Crippen LogP contribution >= 0.6 is 0 Å². The number of nitrogens with zero attached hydrogens (tertiary/aromatic N) is 2. The molecule has 2 aromatic rings. The highest BCUT2D eigenvalue weighted by molar-refractivity contribution is 7.92. The van der Waals surface area contributed by atoms with Crippen LogP contribution in [0.1, 0.15) is 26.3 Å². The van der Waals surface area contributed by atoms with Crippen LogP contribution in [0.5, 0.6) is 5.75 Å². The number of nitro benzene ring substituents is 1. The quantitative estimate of drug-likeness (QED) is 0.526. The summed E-state index contributed by atoms with van der Waals surface area (Å²) in [5.74, 6) is -0.450. The molecule has 162 valence electrons. The van der Waals surface area contributed by atoms with Crippen molar-refractivity contribution in [1.82, 2.24) is 0 Å². The van der Waals surface area contributed by atoms with Gasteiger partial charge in [0.05, 0.1) is 29.7 Å². The summed E-state index contributed by atoms with van der Waals surface area (Å²) >= 11 is 0. The lowest BCUT2D eigenvalue weighted by molar-refractivity contribution is -0.384. The molecule has 0 spiro atoms. The van der Waals surface area contributed by atoms with Crippen LogP contribution < -0.4 is 14.4 Å². The fraction of sp³-hybridized carbons (Fsp3) is 0.350. The van der Waals surface area contributed by atoms with Crippen LogP contribution in [0, 0.1) is 10.1 Å². The standard InChI is InChI=1S/C20H25N3O6S/c1-20(2,3)14-6-8-15(9-7-14)22(30(5,27)28)13-19(24)21-17-12-16(23(25)26)10-11-18(17)29-4/h6-12H,13H2,1-5H3,(H,21,24). The SMILES string of the molecule is COc1ccc([N+](=O)[O-])cc1NC(=O)CN(c1ccc(C(C)(C)C)cc1)S(C)(=O)=O. The lowest BCUT2D eigenvalue weighted by Gasteiger charge is -2.24. The number of hydrogen-bond acceptors (Lipinski definition) is 6. The minimum absolute atomic E-state index is 0.0771. The number of carbonyl (C=O) groups is 1. The van der Waals surface area contributed by atoms with Gasteiger partial charge in [-0.3, -0.25) is 19.2 Å². The Morgan fingerprint density at radius 1 is 1.17 bits per heavy atom. The van der Waals surface area contributed by atoms with E-state index in [4.69, 9.17) is 4.74 Å². The lowest BCUT2D eigenvalue weighted by Crippen LogP contribution is -2.37. The molecule has 0 atom stereocenters. The molecule has 1 N–H and O–H groups in total. The van der Waals surface area contributed by atoms with Crippen molar-refractivity contribution in [2.45, 2.75) is 26.2 Å². The van der Waals surface area contributed by atoms with Gasteiger partial charge in [-0.05, 0) is 29.2 Å². The van der Waals surface area contributed by atoms with Crippen molar-refractivity contribution in [2.75, 3.05) is 29.5 Å². The summed E-state index contributed by atoms with van der Waals surface area (Å²) < 4.78 is 30.7. The average Bonchev–Trinajstić information content (AvgIpc) is 2.64. The summed E-state index contributed by atoms with van der Waals surface area (Å²) in [4.78, 5) is 23.0. The Morgan fingerprint density at radius 2 is 1.77 bits per heavy atom. The van der Waals surface area contributed by atoms with E-state index in [1.54, 1.807) is 12.1 Å². The highest BCUT2D eigenvalue weighted by atomic mass is 32.2. The zero-order chi connectivity index (χ0) is 22.7. The molecule has 0 aromatic heterocycles. The highest BCUT2D eigenvalue weighted by Crippen LogP contribution is 2.29. The molecule has 0 aliphatic carbocycles. The summed E-state index contributed by atoms with van der Waals surface area (Å²) in [6.45, 7) is 5.61. The first-order valence-electron chi connectivity index (χ1n) is 9.03. The molecule has 0 saturated carbocycles. The molecule has 0 radical (unpaired) electrons. The van der Waals surface area contributed by atoms with Crippen molar-refractivity contribution in [3.63, 3.8) is 0 Å². The summed E-state index contributed by atoms with van der Waals surface area (Å²) in [5.41, 5.74) is 1.10. The van der Waals surface area contributed by atoms with Crippen LogP contribution in [0.4, 0.5) is 17.1 Å². The number of ether oxygens (including phenoxy) is 1. The van der Waals surface area contributed by atoms with Gasteiger partial charge in [-0.1, -0.05) is 32.9 Å². The van der Waals surface area contributed by atoms with Crippen molar-refractivity contribution in [3.05, 3.63) is 58.1 Å². The molecule has 0 saturated heterocycles. The fourth-order valence-electron chi connectivity index (χ4n) is 2.76. The number of non-ortho nitro benzene ring substituents is 1. The summed E-state index contributed by atoms with van der Waals surface area (Å²) in [6, 6.07) is 10.7. The lowest BCUT2D eigenvalue weighted by atomic mass is 9.87. The van der Waals surface area contributed by atoms with Crippen molar-refractivity contribution in [1.29, 1.82) is 0 Å². The summed E-state index contributed by atoms with van der Waals surface area (Å²) in [6.07, 6.45) is 1.01. The molecule has 0 aliphatic rings. The number of hydrogen-bond donors (Lipinski definition) is 1. The second-order valence-electron chi connectivity index (χ2n) is 7.76. The molecule has 10 heteroatoms. The largest absolute Gasteiger partial charge is 0.495 e. The highest BCUT2D eigenvalue weighted by Gasteiger charge is 2.23. The van der Waals surface area contributed by atoms with Gasteiger partial charge in [-0.15, -0.1) is 0 Å². The van der Waals surface area contributed by atoms with Crippen molar-refractivity contribution < 1.29 is 22.9 Å². The van der Waals surface area contributed by atoms with Gasteiger partial charge in [-0.25, -0.2) is 8.42 Å². The minimum atomic E-state index is -3.76. The summed E-state index contributed by atoms with van der Waals surface area (Å²) in [7, 11) is -2.40. The zero-order valence-electron chi connectivity index (χ0n) is 17.5. The zero-order valence-corrected chi connectivity index (χ0v) is 18.3. The van der Waals surface area contributed by atoms with Crippen molar-refractivity contribution in [3.8, 4) is 5.75 Å².